The molecular weight excluding hydrogens is 302 g/mol. The molecule has 2 aromatic rings. The normalized spacial score (nSPS) is 17.0. The Hall–Kier alpha value is -2.41. The van der Waals surface area contributed by atoms with E-state index in [1.54, 1.807) is 18.9 Å². The predicted molar refractivity (Wildman–Crippen MR) is 85.4 cm³/mol. The van der Waals surface area contributed by atoms with Crippen LogP contribution < -0.4 is 15.0 Å². The van der Waals surface area contributed by atoms with E-state index >= 15 is 0 Å². The van der Waals surface area contributed by atoms with Crippen LogP contribution in [0, 0.1) is 0 Å². The average molecular weight is 317 g/mol. The van der Waals surface area contributed by atoms with Crippen LogP contribution in [0.25, 0.3) is 11.3 Å². The molecule has 0 bridgehead atoms. The van der Waals surface area contributed by atoms with E-state index in [1.165, 1.54) is 18.3 Å². The Morgan fingerprint density at radius 3 is 2.95 bits per heavy atom. The highest BCUT2D eigenvalue weighted by atomic mass is 32.1. The molecule has 0 saturated heterocycles. The van der Waals surface area contributed by atoms with E-state index in [0.29, 0.717) is 10.9 Å². The molecule has 7 heteroatoms. The molecule has 3 rings (SSSR count). The molecule has 0 unspecified atom stereocenters. The number of anilines is 2. The van der Waals surface area contributed by atoms with Gasteiger partial charge in [-0.15, -0.1) is 11.3 Å². The van der Waals surface area contributed by atoms with Crippen LogP contribution in [0.1, 0.15) is 13.8 Å². The Bertz CT molecular complexity index is 756. The number of carbonyl (C=O) groups excluding carboxylic acids is 2. The highest BCUT2D eigenvalue weighted by Gasteiger charge is 2.29. The zero-order chi connectivity index (χ0) is 15.9. The summed E-state index contributed by atoms with van der Waals surface area (Å²) in [6.07, 6.45) is -0.478. The quantitative estimate of drug-likeness (QED) is 0.924. The van der Waals surface area contributed by atoms with Crippen molar-refractivity contribution >= 4 is 34.0 Å². The van der Waals surface area contributed by atoms with Crippen molar-refractivity contribution in [3.8, 4) is 17.0 Å². The molecule has 6 nitrogen and oxygen atoms in total. The van der Waals surface area contributed by atoms with Crippen LogP contribution in [0.3, 0.4) is 0 Å². The third-order valence-corrected chi connectivity index (χ3v) is 4.14. The summed E-state index contributed by atoms with van der Waals surface area (Å²) in [5, 5.41) is 5.07. The first kappa shape index (κ1) is 14.5. The molecule has 2 heterocycles. The van der Waals surface area contributed by atoms with Crippen molar-refractivity contribution in [1.82, 2.24) is 4.98 Å². The molecule has 1 atom stereocenters. The molecule has 1 aromatic carbocycles. The van der Waals surface area contributed by atoms with Gasteiger partial charge in [-0.25, -0.2) is 4.98 Å². The Morgan fingerprint density at radius 2 is 2.23 bits per heavy atom. The highest BCUT2D eigenvalue weighted by molar-refractivity contribution is 7.14. The fourth-order valence-corrected chi connectivity index (χ4v) is 3.05. The van der Waals surface area contributed by atoms with Crippen LogP contribution in [0.5, 0.6) is 5.75 Å². The third-order valence-electron chi connectivity index (χ3n) is 3.39. The first-order valence-corrected chi connectivity index (χ1v) is 7.65. The van der Waals surface area contributed by atoms with E-state index in [1.807, 2.05) is 23.6 Å². The minimum atomic E-state index is -0.478. The number of rotatable bonds is 2. The number of hydrogen-bond donors (Lipinski definition) is 1. The Kier molecular flexibility index (Phi) is 3.58. The molecule has 1 aliphatic heterocycles. The number of amides is 2. The van der Waals surface area contributed by atoms with Crippen molar-refractivity contribution in [3.63, 3.8) is 0 Å². The molecule has 1 N–H and O–H groups in total. The molecule has 1 aromatic heterocycles. The number of hydrogen-bond acceptors (Lipinski definition) is 5. The number of thiazole rings is 1. The summed E-state index contributed by atoms with van der Waals surface area (Å²) in [5.74, 6) is 0.441. The summed E-state index contributed by atoms with van der Waals surface area (Å²) in [4.78, 5) is 29.0. The van der Waals surface area contributed by atoms with E-state index in [-0.39, 0.29) is 11.8 Å². The number of fused-ring (bicyclic) bond motifs is 1. The lowest BCUT2D eigenvalue weighted by molar-refractivity contribution is -0.125. The van der Waals surface area contributed by atoms with Crippen LogP contribution in [-0.2, 0) is 9.59 Å². The zero-order valence-electron chi connectivity index (χ0n) is 12.4. The summed E-state index contributed by atoms with van der Waals surface area (Å²) in [7, 11) is 1.73. The van der Waals surface area contributed by atoms with Gasteiger partial charge in [0.1, 0.15) is 5.75 Å². The van der Waals surface area contributed by atoms with Crippen LogP contribution in [0.15, 0.2) is 23.6 Å². The maximum Gasteiger partial charge on any atom is 0.267 e. The minimum absolute atomic E-state index is 0.0816. The smallest absolute Gasteiger partial charge is 0.267 e. The van der Waals surface area contributed by atoms with Crippen molar-refractivity contribution in [2.45, 2.75) is 20.0 Å². The third kappa shape index (κ3) is 2.55. The summed E-state index contributed by atoms with van der Waals surface area (Å²) < 4.78 is 5.60. The summed E-state index contributed by atoms with van der Waals surface area (Å²) in [5.41, 5.74) is 2.33. The lowest BCUT2D eigenvalue weighted by atomic mass is 10.1. The first-order chi connectivity index (χ1) is 10.5. The second-order valence-electron chi connectivity index (χ2n) is 5.06. The van der Waals surface area contributed by atoms with E-state index in [2.05, 4.69) is 10.3 Å². The van der Waals surface area contributed by atoms with Gasteiger partial charge in [0.25, 0.3) is 5.91 Å². The van der Waals surface area contributed by atoms with Crippen LogP contribution in [0.4, 0.5) is 10.8 Å². The molecule has 22 heavy (non-hydrogen) atoms. The number of likely N-dealkylation sites (N-methyl/N-ethyl adjacent to an activating group) is 1. The zero-order valence-corrected chi connectivity index (χ0v) is 13.2. The predicted octanol–water partition coefficient (Wildman–Crippen LogP) is 2.51. The highest BCUT2D eigenvalue weighted by Crippen LogP contribution is 2.37. The maximum absolute atomic E-state index is 12.0. The van der Waals surface area contributed by atoms with Crippen molar-refractivity contribution in [1.29, 1.82) is 0 Å². The second-order valence-corrected chi connectivity index (χ2v) is 5.92. The lowest BCUT2D eigenvalue weighted by Crippen LogP contribution is -2.41. The van der Waals surface area contributed by atoms with Crippen LogP contribution in [-0.4, -0.2) is 29.9 Å². The number of aromatic nitrogens is 1. The van der Waals surface area contributed by atoms with Crippen molar-refractivity contribution in [2.24, 2.45) is 0 Å². The SMILES string of the molecule is CC(=O)Nc1nc(-c2ccc3c(c2)N(C)C(=O)[C@H](C)O3)cs1. The molecule has 0 aliphatic carbocycles. The van der Waals surface area contributed by atoms with Crippen LogP contribution in [0.2, 0.25) is 0 Å². The molecule has 0 radical (unpaired) electrons. The number of nitrogens with one attached hydrogen (secondary N) is 1. The largest absolute Gasteiger partial charge is 0.479 e. The lowest BCUT2D eigenvalue weighted by Gasteiger charge is -2.30. The second kappa shape index (κ2) is 5.42. The van der Waals surface area contributed by atoms with Gasteiger partial charge >= 0.3 is 0 Å². The molecule has 0 spiro atoms. The van der Waals surface area contributed by atoms with Gasteiger partial charge in [0.05, 0.1) is 11.4 Å². The molecule has 1 aliphatic rings. The monoisotopic (exact) mass is 317 g/mol. The average Bonchev–Trinajstić information content (AvgIpc) is 2.92. The van der Waals surface area contributed by atoms with Crippen molar-refractivity contribution in [2.75, 3.05) is 17.3 Å². The van der Waals surface area contributed by atoms with Gasteiger partial charge in [-0.1, -0.05) is 0 Å². The van der Waals surface area contributed by atoms with E-state index in [0.717, 1.165) is 16.9 Å². The van der Waals surface area contributed by atoms with Crippen molar-refractivity contribution in [3.05, 3.63) is 23.6 Å². The standard InChI is InChI=1S/C15H15N3O3S/c1-8-14(20)18(3)12-6-10(4-5-13(12)21-8)11-7-22-15(17-11)16-9(2)19/h4-8H,1-3H3,(H,16,17,19)/t8-/m0/s1. The van der Waals surface area contributed by atoms with Gasteiger partial charge in [0, 0.05) is 24.9 Å². The fraction of sp³-hybridized carbons (Fsp3) is 0.267. The van der Waals surface area contributed by atoms with Crippen molar-refractivity contribution < 1.29 is 14.3 Å². The fourth-order valence-electron chi connectivity index (χ4n) is 2.29. The number of ether oxygens (including phenoxy) is 1. The van der Waals surface area contributed by atoms with Gasteiger partial charge in [0.15, 0.2) is 11.2 Å². The van der Waals surface area contributed by atoms with E-state index < -0.39 is 6.10 Å². The number of nitrogens with zero attached hydrogens (tertiary/aromatic N) is 2. The minimum Gasteiger partial charge on any atom is -0.479 e. The first-order valence-electron chi connectivity index (χ1n) is 6.77. The Labute approximate surface area is 131 Å². The summed E-state index contributed by atoms with van der Waals surface area (Å²) >= 11 is 1.36. The molecule has 2 amide bonds. The molecule has 114 valence electrons. The molecule has 0 saturated carbocycles. The van der Waals surface area contributed by atoms with Gasteiger partial charge in [-0.3, -0.25) is 9.59 Å². The molecule has 0 fully saturated rings. The van der Waals surface area contributed by atoms with Gasteiger partial charge in [-0.05, 0) is 25.1 Å². The van der Waals surface area contributed by atoms with Gasteiger partial charge in [-0.2, -0.15) is 0 Å². The maximum atomic E-state index is 12.0. The van der Waals surface area contributed by atoms with Gasteiger partial charge in [0.2, 0.25) is 5.91 Å². The molecular formula is C15H15N3O3S. The Balaban J connectivity index is 1.95. The number of carbonyl (C=O) groups is 2. The van der Waals surface area contributed by atoms with Crippen LogP contribution >= 0.6 is 11.3 Å². The Morgan fingerprint density at radius 1 is 1.45 bits per heavy atom. The van der Waals surface area contributed by atoms with E-state index in [9.17, 15) is 9.59 Å². The summed E-state index contributed by atoms with van der Waals surface area (Å²) in [6, 6.07) is 5.59. The van der Waals surface area contributed by atoms with E-state index in [4.69, 9.17) is 4.74 Å². The summed E-state index contributed by atoms with van der Waals surface area (Å²) in [6.45, 7) is 3.18. The topological polar surface area (TPSA) is 71.5 Å². The number of benzene rings is 1. The van der Waals surface area contributed by atoms with Gasteiger partial charge < -0.3 is 15.0 Å².